The van der Waals surface area contributed by atoms with Crippen LogP contribution in [0.2, 0.25) is 5.04 Å². The van der Waals surface area contributed by atoms with Crippen LogP contribution < -0.4 is 10.4 Å². The van der Waals surface area contributed by atoms with Crippen LogP contribution >= 0.6 is 0 Å². The van der Waals surface area contributed by atoms with Gasteiger partial charge in [-0.15, -0.1) is 6.42 Å². The smallest absolute Gasteiger partial charge is 0.261 e. The summed E-state index contributed by atoms with van der Waals surface area (Å²) in [5.74, 6) is 2.76. The van der Waals surface area contributed by atoms with Crippen LogP contribution in [0.3, 0.4) is 0 Å². The average molecular weight is 381 g/mol. The molecule has 27 heavy (non-hydrogen) atoms. The minimum absolute atomic E-state index is 0.0728. The lowest BCUT2D eigenvalue weighted by Gasteiger charge is -2.43. The second-order valence-corrected chi connectivity index (χ2v) is 13.2. The lowest BCUT2D eigenvalue weighted by Crippen LogP contribution is -2.67. The molecule has 0 heterocycles. The molecule has 1 atom stereocenters. The molecule has 0 aliphatic carbocycles. The van der Waals surface area contributed by atoms with Gasteiger partial charge in [-0.25, -0.2) is 0 Å². The van der Waals surface area contributed by atoms with Gasteiger partial charge in [0.25, 0.3) is 8.32 Å². The number of benzene rings is 2. The summed E-state index contributed by atoms with van der Waals surface area (Å²) in [7, 11) is -2.58. The van der Waals surface area contributed by atoms with Crippen molar-refractivity contribution in [1.29, 1.82) is 0 Å². The maximum Gasteiger partial charge on any atom is 0.261 e. The van der Waals surface area contributed by atoms with Gasteiger partial charge in [-0.3, -0.25) is 0 Å². The van der Waals surface area contributed by atoms with E-state index in [9.17, 15) is 0 Å². The highest BCUT2D eigenvalue weighted by atomic mass is 28.4. The van der Waals surface area contributed by atoms with Crippen LogP contribution in [-0.4, -0.2) is 26.6 Å². The van der Waals surface area contributed by atoms with E-state index in [1.165, 1.54) is 10.4 Å². The zero-order valence-corrected chi connectivity index (χ0v) is 18.5. The summed E-state index contributed by atoms with van der Waals surface area (Å²) >= 11 is 0. The highest BCUT2D eigenvalue weighted by molar-refractivity contribution is 6.99. The molecule has 0 saturated heterocycles. The normalized spacial score (nSPS) is 13.8. The van der Waals surface area contributed by atoms with Crippen molar-refractivity contribution >= 4 is 18.7 Å². The molecule has 0 aliphatic rings. The molecular weight excluding hydrogens is 348 g/mol. The van der Waals surface area contributed by atoms with Gasteiger partial charge >= 0.3 is 0 Å². The van der Waals surface area contributed by atoms with Crippen LogP contribution in [-0.2, 0) is 9.16 Å². The molecule has 144 valence electrons. The Hall–Kier alpha value is -1.86. The van der Waals surface area contributed by atoms with E-state index in [4.69, 9.17) is 15.6 Å². The summed E-state index contributed by atoms with van der Waals surface area (Å²) in [5.41, 5.74) is -0.314. The van der Waals surface area contributed by atoms with Crippen LogP contribution in [0.4, 0.5) is 0 Å². The highest BCUT2D eigenvalue weighted by Crippen LogP contribution is 2.36. The van der Waals surface area contributed by atoms with Crippen LogP contribution in [0, 0.1) is 12.3 Å². The molecule has 0 aliphatic heterocycles. The molecule has 0 bridgehead atoms. The molecule has 0 aromatic heterocycles. The van der Waals surface area contributed by atoms with Gasteiger partial charge < -0.3 is 9.16 Å². The quantitative estimate of drug-likeness (QED) is 0.547. The Morgan fingerprint density at radius 3 is 1.63 bits per heavy atom. The second-order valence-electron chi connectivity index (χ2n) is 8.86. The molecular formula is C24H32O2Si. The molecule has 1 unspecified atom stereocenters. The first kappa shape index (κ1) is 21.4. The first-order chi connectivity index (χ1) is 12.6. The van der Waals surface area contributed by atoms with Gasteiger partial charge in [0.05, 0.1) is 12.2 Å². The van der Waals surface area contributed by atoms with Gasteiger partial charge in [0.15, 0.2) is 0 Å². The minimum atomic E-state index is -2.58. The Morgan fingerprint density at radius 1 is 0.852 bits per heavy atom. The lowest BCUT2D eigenvalue weighted by atomic mass is 10.2. The van der Waals surface area contributed by atoms with E-state index in [1.807, 2.05) is 32.9 Å². The minimum Gasteiger partial charge on any atom is -0.404 e. The zero-order valence-electron chi connectivity index (χ0n) is 17.5. The molecule has 2 aromatic carbocycles. The van der Waals surface area contributed by atoms with Gasteiger partial charge in [0.2, 0.25) is 0 Å². The molecule has 2 rings (SSSR count). The van der Waals surface area contributed by atoms with Crippen LogP contribution in [0.25, 0.3) is 0 Å². The summed E-state index contributed by atoms with van der Waals surface area (Å²) in [6.07, 6.45) is 5.37. The monoisotopic (exact) mass is 380 g/mol. The molecule has 2 aromatic rings. The van der Waals surface area contributed by atoms with E-state index in [0.29, 0.717) is 6.61 Å². The highest BCUT2D eigenvalue weighted by Gasteiger charge is 2.50. The van der Waals surface area contributed by atoms with Crippen molar-refractivity contribution in [3.8, 4) is 12.3 Å². The topological polar surface area (TPSA) is 18.5 Å². The van der Waals surface area contributed by atoms with Gasteiger partial charge in [0, 0.05) is 0 Å². The Balaban J connectivity index is 2.51. The Kier molecular flexibility index (Phi) is 6.70. The van der Waals surface area contributed by atoms with E-state index in [2.05, 4.69) is 75.2 Å². The third-order valence-electron chi connectivity index (χ3n) is 4.55. The number of ether oxygens (including phenoxy) is 1. The standard InChI is InChI=1S/C24H32O2Si/c1-8-20(26-23(2,3)4)19-25-27(24(5,6)7,21-15-11-9-12-16-21)22-17-13-10-14-18-22/h1,9-18,20H,19H2,2-7H3. The maximum absolute atomic E-state index is 6.84. The van der Waals surface area contributed by atoms with Crippen molar-refractivity contribution in [3.05, 3.63) is 60.7 Å². The van der Waals surface area contributed by atoms with E-state index < -0.39 is 8.32 Å². The number of hydrogen-bond acceptors (Lipinski definition) is 2. The fourth-order valence-electron chi connectivity index (χ4n) is 3.51. The summed E-state index contributed by atoms with van der Waals surface area (Å²) in [6.45, 7) is 13.2. The molecule has 0 radical (unpaired) electrons. The molecule has 2 nitrogen and oxygen atoms in total. The third kappa shape index (κ3) is 5.10. The largest absolute Gasteiger partial charge is 0.404 e. The van der Waals surface area contributed by atoms with Crippen molar-refractivity contribution in [2.24, 2.45) is 0 Å². The van der Waals surface area contributed by atoms with Crippen molar-refractivity contribution in [2.45, 2.75) is 58.3 Å². The first-order valence-corrected chi connectivity index (χ1v) is 11.4. The van der Waals surface area contributed by atoms with E-state index in [0.717, 1.165) is 0 Å². The summed E-state index contributed by atoms with van der Waals surface area (Å²) < 4.78 is 12.9. The van der Waals surface area contributed by atoms with E-state index >= 15 is 0 Å². The van der Waals surface area contributed by atoms with Crippen molar-refractivity contribution in [2.75, 3.05) is 6.61 Å². The van der Waals surface area contributed by atoms with E-state index in [-0.39, 0.29) is 16.7 Å². The second kappa shape index (κ2) is 8.44. The van der Waals surface area contributed by atoms with Crippen molar-refractivity contribution in [3.63, 3.8) is 0 Å². The number of hydrogen-bond donors (Lipinski definition) is 0. The van der Waals surface area contributed by atoms with Crippen molar-refractivity contribution in [1.82, 2.24) is 0 Å². The molecule has 0 saturated carbocycles. The molecule has 0 spiro atoms. The number of terminal acetylenes is 1. The molecule has 0 N–H and O–H groups in total. The fraction of sp³-hybridized carbons (Fsp3) is 0.417. The van der Waals surface area contributed by atoms with Crippen LogP contribution in [0.5, 0.6) is 0 Å². The zero-order chi connectivity index (χ0) is 20.1. The van der Waals surface area contributed by atoms with Gasteiger partial charge in [-0.2, -0.15) is 0 Å². The van der Waals surface area contributed by atoms with Gasteiger partial charge in [-0.1, -0.05) is 87.4 Å². The van der Waals surface area contributed by atoms with Crippen LogP contribution in [0.15, 0.2) is 60.7 Å². The van der Waals surface area contributed by atoms with Gasteiger partial charge in [-0.05, 0) is 36.2 Å². The lowest BCUT2D eigenvalue weighted by molar-refractivity contribution is -0.0506. The van der Waals surface area contributed by atoms with E-state index in [1.54, 1.807) is 0 Å². The summed E-state index contributed by atoms with van der Waals surface area (Å²) in [5, 5.41) is 2.42. The Morgan fingerprint density at radius 2 is 1.30 bits per heavy atom. The molecule has 0 amide bonds. The maximum atomic E-state index is 6.84. The average Bonchev–Trinajstić information content (AvgIpc) is 2.61. The first-order valence-electron chi connectivity index (χ1n) is 9.49. The number of rotatable bonds is 6. The van der Waals surface area contributed by atoms with Crippen LogP contribution in [0.1, 0.15) is 41.5 Å². The Labute approximate surface area is 166 Å². The predicted octanol–water partition coefficient (Wildman–Crippen LogP) is 4.38. The SMILES string of the molecule is C#CC(CO[Si](c1ccccc1)(c1ccccc1)C(C)(C)C)OC(C)(C)C. The van der Waals surface area contributed by atoms with Crippen molar-refractivity contribution < 1.29 is 9.16 Å². The van der Waals surface area contributed by atoms with Gasteiger partial charge in [0.1, 0.15) is 6.10 Å². The summed E-state index contributed by atoms with van der Waals surface area (Å²) in [6, 6.07) is 21.1. The Bertz CT molecular complexity index is 709. The molecule has 0 fully saturated rings. The predicted molar refractivity (Wildman–Crippen MR) is 117 cm³/mol. The fourth-order valence-corrected chi connectivity index (χ4v) is 8.06. The third-order valence-corrected chi connectivity index (χ3v) is 9.55. The molecule has 3 heteroatoms. The summed E-state index contributed by atoms with van der Waals surface area (Å²) in [4.78, 5) is 0.